The fraction of sp³-hybridized carbons (Fsp3) is 0.571. The molecule has 1 unspecified atom stereocenters. The number of anilines is 1. The highest BCUT2D eigenvalue weighted by Gasteiger charge is 2.34. The Kier molecular flexibility index (Phi) is 2.33. The molecule has 19 heavy (non-hydrogen) atoms. The van der Waals surface area contributed by atoms with Gasteiger partial charge in [0.05, 0.1) is 0 Å². The van der Waals surface area contributed by atoms with Gasteiger partial charge in [-0.3, -0.25) is 4.90 Å². The molecule has 2 bridgehead atoms. The number of hydrogen-bond acceptors (Lipinski definition) is 5. The molecule has 0 radical (unpaired) electrons. The molecule has 2 aromatic heterocycles. The van der Waals surface area contributed by atoms with Crippen LogP contribution in [0.4, 0.5) is 6.01 Å². The SMILES string of the molecule is Cc1cc2oc(N3CC[N@@]4CCC3C4)nc2nc1C. The summed E-state index contributed by atoms with van der Waals surface area (Å²) in [7, 11) is 0. The van der Waals surface area contributed by atoms with Crippen molar-refractivity contribution in [2.45, 2.75) is 26.3 Å². The summed E-state index contributed by atoms with van der Waals surface area (Å²) in [4.78, 5) is 13.9. The van der Waals surface area contributed by atoms with Gasteiger partial charge in [0.2, 0.25) is 5.65 Å². The molecule has 0 saturated carbocycles. The number of aryl methyl sites for hydroxylation is 2. The zero-order valence-electron chi connectivity index (χ0n) is 11.4. The van der Waals surface area contributed by atoms with Crippen LogP contribution in [0.5, 0.6) is 0 Å². The first-order chi connectivity index (χ1) is 9.20. The molecule has 4 rings (SSSR count). The molecule has 0 aromatic carbocycles. The summed E-state index contributed by atoms with van der Waals surface area (Å²) in [6.45, 7) is 8.54. The zero-order valence-corrected chi connectivity index (χ0v) is 11.4. The van der Waals surface area contributed by atoms with E-state index >= 15 is 0 Å². The molecule has 5 nitrogen and oxygen atoms in total. The maximum absolute atomic E-state index is 5.93. The standard InChI is InChI=1S/C14H18N4O/c1-9-7-12-13(15-10(9)2)16-14(19-12)18-6-5-17-4-3-11(18)8-17/h7,11H,3-6,8H2,1-2H3. The minimum absolute atomic E-state index is 0.559. The topological polar surface area (TPSA) is 45.4 Å². The second-order valence-corrected chi connectivity index (χ2v) is 5.65. The van der Waals surface area contributed by atoms with E-state index in [9.17, 15) is 0 Å². The summed E-state index contributed by atoms with van der Waals surface area (Å²) in [6, 6.07) is 3.35. The number of rotatable bonds is 1. The maximum atomic E-state index is 5.93. The fourth-order valence-electron chi connectivity index (χ4n) is 3.11. The van der Waals surface area contributed by atoms with Crippen LogP contribution in [-0.4, -0.2) is 47.1 Å². The van der Waals surface area contributed by atoms with Gasteiger partial charge in [0, 0.05) is 37.9 Å². The third-order valence-corrected chi connectivity index (χ3v) is 4.41. The van der Waals surface area contributed by atoms with Crippen molar-refractivity contribution in [2.24, 2.45) is 0 Å². The Labute approximate surface area is 112 Å². The Hall–Kier alpha value is -1.62. The van der Waals surface area contributed by atoms with Crippen LogP contribution in [-0.2, 0) is 0 Å². The fourth-order valence-corrected chi connectivity index (χ4v) is 3.11. The molecule has 0 aliphatic carbocycles. The highest BCUT2D eigenvalue weighted by atomic mass is 16.4. The number of fused-ring (bicyclic) bond motifs is 3. The molecule has 4 heterocycles. The molecule has 2 saturated heterocycles. The number of piperazine rings is 1. The molecule has 2 atom stereocenters. The lowest BCUT2D eigenvalue weighted by molar-refractivity contribution is 0.304. The van der Waals surface area contributed by atoms with Crippen molar-refractivity contribution in [3.63, 3.8) is 0 Å². The van der Waals surface area contributed by atoms with Crippen molar-refractivity contribution in [3.8, 4) is 0 Å². The third kappa shape index (κ3) is 1.72. The van der Waals surface area contributed by atoms with Crippen LogP contribution >= 0.6 is 0 Å². The second-order valence-electron chi connectivity index (χ2n) is 5.65. The Balaban J connectivity index is 1.75. The monoisotopic (exact) mass is 258 g/mol. The molecule has 2 aromatic rings. The van der Waals surface area contributed by atoms with Gasteiger partial charge in [-0.1, -0.05) is 0 Å². The van der Waals surface area contributed by atoms with E-state index in [0.29, 0.717) is 6.04 Å². The maximum Gasteiger partial charge on any atom is 0.300 e. The van der Waals surface area contributed by atoms with Gasteiger partial charge < -0.3 is 9.32 Å². The number of oxazole rings is 1. The van der Waals surface area contributed by atoms with E-state index in [1.54, 1.807) is 0 Å². The Morgan fingerprint density at radius 2 is 2.11 bits per heavy atom. The summed E-state index contributed by atoms with van der Waals surface area (Å²) in [6.07, 6.45) is 1.21. The van der Waals surface area contributed by atoms with Gasteiger partial charge in [-0.05, 0) is 31.9 Å². The molecule has 0 spiro atoms. The largest absolute Gasteiger partial charge is 0.422 e. The van der Waals surface area contributed by atoms with Crippen LogP contribution in [0, 0.1) is 13.8 Å². The molecule has 5 heteroatoms. The van der Waals surface area contributed by atoms with Crippen molar-refractivity contribution in [1.29, 1.82) is 0 Å². The summed E-state index contributed by atoms with van der Waals surface area (Å²) in [5.74, 6) is 0. The van der Waals surface area contributed by atoms with E-state index in [0.717, 1.165) is 48.1 Å². The van der Waals surface area contributed by atoms with Crippen molar-refractivity contribution in [2.75, 3.05) is 31.1 Å². The van der Waals surface area contributed by atoms with Gasteiger partial charge in [0.25, 0.3) is 6.01 Å². The summed E-state index contributed by atoms with van der Waals surface area (Å²) in [5, 5.41) is 0. The average Bonchev–Trinajstić information content (AvgIpc) is 2.95. The van der Waals surface area contributed by atoms with Gasteiger partial charge in [0.1, 0.15) is 0 Å². The van der Waals surface area contributed by atoms with Crippen molar-refractivity contribution in [3.05, 3.63) is 17.3 Å². The number of hydrogen-bond donors (Lipinski definition) is 0. The lowest BCUT2D eigenvalue weighted by atomic mass is 10.2. The highest BCUT2D eigenvalue weighted by molar-refractivity contribution is 5.71. The van der Waals surface area contributed by atoms with Crippen LogP contribution in [0.15, 0.2) is 10.5 Å². The molecule has 2 fully saturated rings. The van der Waals surface area contributed by atoms with Gasteiger partial charge in [0.15, 0.2) is 5.58 Å². The van der Waals surface area contributed by atoms with Gasteiger partial charge in [-0.2, -0.15) is 4.98 Å². The quantitative estimate of drug-likeness (QED) is 0.779. The molecule has 100 valence electrons. The van der Waals surface area contributed by atoms with Crippen molar-refractivity contribution < 1.29 is 4.42 Å². The van der Waals surface area contributed by atoms with Crippen LogP contribution in [0.25, 0.3) is 11.2 Å². The molecular formula is C14H18N4O. The van der Waals surface area contributed by atoms with Crippen molar-refractivity contribution in [1.82, 2.24) is 14.9 Å². The molecule has 2 aliphatic rings. The normalized spacial score (nSPS) is 26.3. The van der Waals surface area contributed by atoms with Crippen LogP contribution in [0.2, 0.25) is 0 Å². The van der Waals surface area contributed by atoms with Crippen molar-refractivity contribution >= 4 is 17.2 Å². The van der Waals surface area contributed by atoms with E-state index in [2.05, 4.69) is 26.7 Å². The third-order valence-electron chi connectivity index (χ3n) is 4.41. The average molecular weight is 258 g/mol. The van der Waals surface area contributed by atoms with E-state index < -0.39 is 0 Å². The molecular weight excluding hydrogens is 240 g/mol. The Morgan fingerprint density at radius 1 is 1.21 bits per heavy atom. The number of aromatic nitrogens is 2. The van der Waals surface area contributed by atoms with Crippen LogP contribution < -0.4 is 4.90 Å². The molecule has 2 aliphatic heterocycles. The van der Waals surface area contributed by atoms with Gasteiger partial charge >= 0.3 is 0 Å². The summed E-state index contributed by atoms with van der Waals surface area (Å²) in [5.41, 5.74) is 3.72. The van der Waals surface area contributed by atoms with Gasteiger partial charge in [-0.25, -0.2) is 4.98 Å². The Morgan fingerprint density at radius 3 is 3.00 bits per heavy atom. The van der Waals surface area contributed by atoms with Crippen LogP contribution in [0.3, 0.4) is 0 Å². The number of nitrogens with zero attached hydrogens (tertiary/aromatic N) is 4. The molecule has 0 amide bonds. The summed E-state index contributed by atoms with van der Waals surface area (Å²) < 4.78 is 5.93. The Bertz CT molecular complexity index is 597. The second kappa shape index (κ2) is 3.93. The minimum Gasteiger partial charge on any atom is -0.422 e. The lowest BCUT2D eigenvalue weighted by Gasteiger charge is -2.32. The number of pyridine rings is 1. The van der Waals surface area contributed by atoms with E-state index in [4.69, 9.17) is 4.42 Å². The van der Waals surface area contributed by atoms with E-state index in [-0.39, 0.29) is 0 Å². The first kappa shape index (κ1) is 11.2. The smallest absolute Gasteiger partial charge is 0.300 e. The zero-order chi connectivity index (χ0) is 13.0. The minimum atomic E-state index is 0.559. The van der Waals surface area contributed by atoms with Crippen LogP contribution in [0.1, 0.15) is 17.7 Å². The first-order valence-corrected chi connectivity index (χ1v) is 6.94. The predicted octanol–water partition coefficient (Wildman–Crippen LogP) is 1.73. The molecule has 0 N–H and O–H groups in total. The predicted molar refractivity (Wildman–Crippen MR) is 73.5 cm³/mol. The lowest BCUT2D eigenvalue weighted by Crippen LogP contribution is -2.46. The highest BCUT2D eigenvalue weighted by Crippen LogP contribution is 2.29. The first-order valence-electron chi connectivity index (χ1n) is 6.94. The van der Waals surface area contributed by atoms with E-state index in [1.807, 2.05) is 13.0 Å². The van der Waals surface area contributed by atoms with E-state index in [1.165, 1.54) is 13.0 Å². The van der Waals surface area contributed by atoms with Gasteiger partial charge in [-0.15, -0.1) is 0 Å². The summed E-state index contributed by atoms with van der Waals surface area (Å²) >= 11 is 0.